The Bertz CT molecular complexity index is 364. The van der Waals surface area contributed by atoms with Crippen molar-refractivity contribution in [2.45, 2.75) is 64.3 Å². The number of hydrogen-bond donors (Lipinski definition) is 1. The van der Waals surface area contributed by atoms with E-state index in [9.17, 15) is 0 Å². The maximum Gasteiger partial charge on any atom is 0.0596 e. The molecule has 0 aromatic carbocycles. The molecule has 0 spiro atoms. The highest BCUT2D eigenvalue weighted by Gasteiger charge is 2.15. The highest BCUT2D eigenvalue weighted by molar-refractivity contribution is 5.09. The van der Waals surface area contributed by atoms with Crippen LogP contribution in [-0.4, -0.2) is 15.8 Å². The summed E-state index contributed by atoms with van der Waals surface area (Å²) in [6.07, 6.45) is 10.6. The van der Waals surface area contributed by atoms with Crippen LogP contribution in [0.3, 0.4) is 0 Å². The molecule has 102 valence electrons. The molecule has 2 rings (SSSR count). The molecule has 1 aromatic heterocycles. The third kappa shape index (κ3) is 3.84. The highest BCUT2D eigenvalue weighted by Crippen LogP contribution is 2.27. The molecule has 1 fully saturated rings. The summed E-state index contributed by atoms with van der Waals surface area (Å²) in [5.74, 6) is 0.943. The fraction of sp³-hybridized carbons (Fsp3) is 0.800. The summed E-state index contributed by atoms with van der Waals surface area (Å²) in [5, 5.41) is 4.38. The van der Waals surface area contributed by atoms with Gasteiger partial charge >= 0.3 is 0 Å². The average molecular weight is 249 g/mol. The number of aryl methyl sites for hydroxylation is 2. The van der Waals surface area contributed by atoms with E-state index in [0.717, 1.165) is 24.5 Å². The first-order valence-electron chi connectivity index (χ1n) is 7.40. The summed E-state index contributed by atoms with van der Waals surface area (Å²) in [6, 6.07) is 2.45. The fourth-order valence-corrected chi connectivity index (χ4v) is 3.15. The Hall–Kier alpha value is -0.830. The van der Waals surface area contributed by atoms with Gasteiger partial charge in [0.25, 0.3) is 0 Å². The van der Waals surface area contributed by atoms with Crippen molar-refractivity contribution in [3.63, 3.8) is 0 Å². The number of aromatic nitrogens is 2. The van der Waals surface area contributed by atoms with E-state index in [4.69, 9.17) is 5.73 Å². The molecule has 1 unspecified atom stereocenters. The first-order valence-corrected chi connectivity index (χ1v) is 7.40. The summed E-state index contributed by atoms with van der Waals surface area (Å²) in [5.41, 5.74) is 8.62. The van der Waals surface area contributed by atoms with Gasteiger partial charge in [-0.05, 0) is 31.7 Å². The molecule has 1 saturated carbocycles. The lowest BCUT2D eigenvalue weighted by atomic mass is 9.85. The van der Waals surface area contributed by atoms with Gasteiger partial charge in [-0.1, -0.05) is 32.1 Å². The Labute approximate surface area is 111 Å². The van der Waals surface area contributed by atoms with Gasteiger partial charge in [-0.2, -0.15) is 5.10 Å². The summed E-state index contributed by atoms with van der Waals surface area (Å²) in [4.78, 5) is 0. The Morgan fingerprint density at radius 1 is 1.39 bits per heavy atom. The van der Waals surface area contributed by atoms with Crippen LogP contribution in [-0.2, 0) is 13.5 Å². The minimum Gasteiger partial charge on any atom is -0.327 e. The first-order chi connectivity index (χ1) is 8.65. The van der Waals surface area contributed by atoms with Crippen molar-refractivity contribution in [2.24, 2.45) is 18.7 Å². The topological polar surface area (TPSA) is 43.8 Å². The van der Waals surface area contributed by atoms with Crippen molar-refractivity contribution >= 4 is 0 Å². The fourth-order valence-electron chi connectivity index (χ4n) is 3.15. The Morgan fingerprint density at radius 2 is 2.11 bits per heavy atom. The van der Waals surface area contributed by atoms with E-state index in [1.54, 1.807) is 0 Å². The molecular formula is C15H27N3. The predicted octanol–water partition coefficient (Wildman–Crippen LogP) is 2.96. The smallest absolute Gasteiger partial charge is 0.0596 e. The molecule has 1 aliphatic carbocycles. The van der Waals surface area contributed by atoms with Crippen molar-refractivity contribution in [3.05, 3.63) is 17.5 Å². The van der Waals surface area contributed by atoms with Gasteiger partial charge in [-0.15, -0.1) is 0 Å². The van der Waals surface area contributed by atoms with Crippen LogP contribution in [0.25, 0.3) is 0 Å². The van der Waals surface area contributed by atoms with E-state index >= 15 is 0 Å². The lowest BCUT2D eigenvalue weighted by molar-refractivity contribution is 0.322. The molecule has 0 bridgehead atoms. The second-order valence-corrected chi connectivity index (χ2v) is 5.95. The van der Waals surface area contributed by atoms with E-state index in [1.165, 1.54) is 44.2 Å². The van der Waals surface area contributed by atoms with Crippen LogP contribution in [0.5, 0.6) is 0 Å². The number of nitrogens with two attached hydrogens (primary N) is 1. The van der Waals surface area contributed by atoms with Gasteiger partial charge in [-0.3, -0.25) is 4.68 Å². The molecule has 0 amide bonds. The van der Waals surface area contributed by atoms with Crippen molar-refractivity contribution in [1.82, 2.24) is 9.78 Å². The van der Waals surface area contributed by atoms with Gasteiger partial charge in [0.1, 0.15) is 0 Å². The first kappa shape index (κ1) is 13.6. The average Bonchev–Trinajstić information content (AvgIpc) is 2.67. The standard InChI is InChI=1S/C15H27N3/c1-12-10-15(18(2)17-12)11-14(16)9-8-13-6-4-3-5-7-13/h10,13-14H,3-9,11,16H2,1-2H3. The van der Waals surface area contributed by atoms with Crippen molar-refractivity contribution in [2.75, 3.05) is 0 Å². The summed E-state index contributed by atoms with van der Waals surface area (Å²) in [6.45, 7) is 2.04. The second-order valence-electron chi connectivity index (χ2n) is 5.95. The molecule has 1 atom stereocenters. The summed E-state index contributed by atoms with van der Waals surface area (Å²) < 4.78 is 1.97. The van der Waals surface area contributed by atoms with Crippen molar-refractivity contribution in [3.8, 4) is 0 Å². The van der Waals surface area contributed by atoms with Gasteiger partial charge in [0.15, 0.2) is 0 Å². The van der Waals surface area contributed by atoms with Crippen molar-refractivity contribution in [1.29, 1.82) is 0 Å². The van der Waals surface area contributed by atoms with Crippen LogP contribution in [0.4, 0.5) is 0 Å². The van der Waals surface area contributed by atoms with E-state index < -0.39 is 0 Å². The maximum atomic E-state index is 6.26. The number of rotatable bonds is 5. The van der Waals surface area contributed by atoms with Crippen LogP contribution < -0.4 is 5.73 Å². The quantitative estimate of drug-likeness (QED) is 0.872. The zero-order chi connectivity index (χ0) is 13.0. The van der Waals surface area contributed by atoms with Crippen LogP contribution in [0.2, 0.25) is 0 Å². The molecule has 3 heteroatoms. The molecule has 0 aliphatic heterocycles. The summed E-state index contributed by atoms with van der Waals surface area (Å²) in [7, 11) is 2.01. The van der Waals surface area contributed by atoms with E-state index in [-0.39, 0.29) is 0 Å². The Kier molecular flexibility index (Phi) is 4.81. The van der Waals surface area contributed by atoms with Crippen LogP contribution in [0.15, 0.2) is 6.07 Å². The lowest BCUT2D eigenvalue weighted by Crippen LogP contribution is -2.25. The van der Waals surface area contributed by atoms with E-state index in [0.29, 0.717) is 6.04 Å². The monoisotopic (exact) mass is 249 g/mol. The normalized spacial score (nSPS) is 19.1. The minimum atomic E-state index is 0.293. The molecule has 3 nitrogen and oxygen atoms in total. The largest absolute Gasteiger partial charge is 0.327 e. The van der Waals surface area contributed by atoms with Gasteiger partial charge in [-0.25, -0.2) is 0 Å². The predicted molar refractivity (Wildman–Crippen MR) is 75.4 cm³/mol. The third-order valence-corrected chi connectivity index (χ3v) is 4.24. The molecule has 18 heavy (non-hydrogen) atoms. The number of nitrogens with zero attached hydrogens (tertiary/aromatic N) is 2. The zero-order valence-corrected chi connectivity index (χ0v) is 11.9. The number of hydrogen-bond acceptors (Lipinski definition) is 2. The minimum absolute atomic E-state index is 0.293. The molecule has 0 saturated heterocycles. The van der Waals surface area contributed by atoms with Gasteiger partial charge in [0, 0.05) is 25.2 Å². The van der Waals surface area contributed by atoms with Crippen molar-refractivity contribution < 1.29 is 0 Å². The van der Waals surface area contributed by atoms with Crippen LogP contribution in [0, 0.1) is 12.8 Å². The van der Waals surface area contributed by atoms with E-state index in [1.807, 2.05) is 18.7 Å². The van der Waals surface area contributed by atoms with Crippen LogP contribution in [0.1, 0.15) is 56.3 Å². The second kappa shape index (κ2) is 6.37. The zero-order valence-electron chi connectivity index (χ0n) is 11.9. The molecule has 0 radical (unpaired) electrons. The third-order valence-electron chi connectivity index (χ3n) is 4.24. The lowest BCUT2D eigenvalue weighted by Gasteiger charge is -2.22. The van der Waals surface area contributed by atoms with Gasteiger partial charge in [0.2, 0.25) is 0 Å². The SMILES string of the molecule is Cc1cc(CC(N)CCC2CCCCC2)n(C)n1. The Morgan fingerprint density at radius 3 is 2.72 bits per heavy atom. The molecule has 1 aliphatic rings. The van der Waals surface area contributed by atoms with Crippen LogP contribution >= 0.6 is 0 Å². The maximum absolute atomic E-state index is 6.26. The molecule has 1 heterocycles. The summed E-state index contributed by atoms with van der Waals surface area (Å²) >= 11 is 0. The van der Waals surface area contributed by atoms with Gasteiger partial charge in [0.05, 0.1) is 5.69 Å². The molecule has 2 N–H and O–H groups in total. The Balaban J connectivity index is 1.74. The molecule has 1 aromatic rings. The highest BCUT2D eigenvalue weighted by atomic mass is 15.3. The van der Waals surface area contributed by atoms with E-state index in [2.05, 4.69) is 11.2 Å². The molecular weight excluding hydrogens is 222 g/mol. The van der Waals surface area contributed by atoms with Gasteiger partial charge < -0.3 is 5.73 Å².